The zero-order valence-electron chi connectivity index (χ0n) is 13.5. The SMILES string of the molecule is COC(CNC(=O)NC1CC(=O)N(Cc2ccccc2)C1)OC. The molecule has 1 fully saturated rings. The fraction of sp³-hybridized carbons (Fsp3) is 0.500. The highest BCUT2D eigenvalue weighted by Crippen LogP contribution is 2.14. The van der Waals surface area contributed by atoms with E-state index in [1.807, 2.05) is 30.3 Å². The number of nitrogens with zero attached hydrogens (tertiary/aromatic N) is 1. The average Bonchev–Trinajstić information content (AvgIpc) is 2.88. The van der Waals surface area contributed by atoms with Crippen molar-refractivity contribution in [3.05, 3.63) is 35.9 Å². The summed E-state index contributed by atoms with van der Waals surface area (Å²) in [6.45, 7) is 1.32. The Balaban J connectivity index is 1.77. The zero-order valence-corrected chi connectivity index (χ0v) is 13.5. The number of ether oxygens (including phenoxy) is 2. The van der Waals surface area contributed by atoms with Crippen molar-refractivity contribution in [1.29, 1.82) is 0 Å². The van der Waals surface area contributed by atoms with Gasteiger partial charge >= 0.3 is 6.03 Å². The molecule has 2 N–H and O–H groups in total. The highest BCUT2D eigenvalue weighted by atomic mass is 16.7. The molecule has 0 bridgehead atoms. The zero-order chi connectivity index (χ0) is 16.7. The van der Waals surface area contributed by atoms with Gasteiger partial charge in [0.1, 0.15) is 0 Å². The Kier molecular flexibility index (Phi) is 6.37. The van der Waals surface area contributed by atoms with Crippen LogP contribution in [0.4, 0.5) is 4.79 Å². The third-order valence-corrected chi connectivity index (χ3v) is 3.72. The van der Waals surface area contributed by atoms with Crippen LogP contribution < -0.4 is 10.6 Å². The van der Waals surface area contributed by atoms with Gasteiger partial charge in [0.2, 0.25) is 5.91 Å². The number of carbonyl (C=O) groups excluding carboxylic acids is 2. The lowest BCUT2D eigenvalue weighted by Gasteiger charge is -2.18. The minimum atomic E-state index is -0.486. The topological polar surface area (TPSA) is 79.9 Å². The van der Waals surface area contributed by atoms with Crippen LogP contribution in [0.3, 0.4) is 0 Å². The lowest BCUT2D eigenvalue weighted by Crippen LogP contribution is -2.45. The van der Waals surface area contributed by atoms with Gasteiger partial charge in [-0.2, -0.15) is 0 Å². The third-order valence-electron chi connectivity index (χ3n) is 3.72. The summed E-state index contributed by atoms with van der Waals surface area (Å²) in [7, 11) is 3.01. The summed E-state index contributed by atoms with van der Waals surface area (Å²) >= 11 is 0. The van der Waals surface area contributed by atoms with Crippen LogP contribution >= 0.6 is 0 Å². The summed E-state index contributed by atoms with van der Waals surface area (Å²) < 4.78 is 9.99. The number of carbonyl (C=O) groups is 2. The second kappa shape index (κ2) is 8.50. The predicted molar refractivity (Wildman–Crippen MR) is 84.6 cm³/mol. The molecule has 1 aromatic carbocycles. The normalized spacial score (nSPS) is 17.6. The van der Waals surface area contributed by atoms with Gasteiger partial charge in [0.15, 0.2) is 6.29 Å². The van der Waals surface area contributed by atoms with Gasteiger partial charge in [0.25, 0.3) is 0 Å². The number of urea groups is 1. The lowest BCUT2D eigenvalue weighted by molar-refractivity contribution is -0.128. The van der Waals surface area contributed by atoms with Crippen LogP contribution in [0.2, 0.25) is 0 Å². The van der Waals surface area contributed by atoms with Gasteiger partial charge in [-0.05, 0) is 5.56 Å². The second-order valence-electron chi connectivity index (χ2n) is 5.42. The molecule has 1 aromatic rings. The smallest absolute Gasteiger partial charge is 0.315 e. The molecule has 1 heterocycles. The molecule has 1 unspecified atom stereocenters. The van der Waals surface area contributed by atoms with Crippen LogP contribution in [0, 0.1) is 0 Å². The second-order valence-corrected chi connectivity index (χ2v) is 5.42. The molecule has 0 radical (unpaired) electrons. The molecule has 0 aliphatic carbocycles. The van der Waals surface area contributed by atoms with Crippen LogP contribution in [0.15, 0.2) is 30.3 Å². The van der Waals surface area contributed by atoms with Gasteiger partial charge in [0, 0.05) is 33.7 Å². The summed E-state index contributed by atoms with van der Waals surface area (Å²) in [5.74, 6) is 0.0470. The van der Waals surface area contributed by atoms with E-state index in [9.17, 15) is 9.59 Å². The molecule has 1 atom stereocenters. The first kappa shape index (κ1) is 17.2. The number of benzene rings is 1. The molecule has 3 amide bonds. The Labute approximate surface area is 135 Å². The maximum absolute atomic E-state index is 12.0. The number of hydrogen-bond acceptors (Lipinski definition) is 4. The van der Waals surface area contributed by atoms with Crippen LogP contribution in [0.25, 0.3) is 0 Å². The van der Waals surface area contributed by atoms with E-state index in [2.05, 4.69) is 10.6 Å². The molecule has 1 saturated heterocycles. The Morgan fingerprint density at radius 1 is 1.30 bits per heavy atom. The molecule has 1 aliphatic heterocycles. The number of nitrogens with one attached hydrogen (secondary N) is 2. The van der Waals surface area contributed by atoms with Crippen LogP contribution in [-0.4, -0.2) is 56.5 Å². The summed E-state index contributed by atoms with van der Waals surface area (Å²) in [6, 6.07) is 9.28. The first-order valence-electron chi connectivity index (χ1n) is 7.54. The molecular formula is C16H23N3O4. The van der Waals surface area contributed by atoms with E-state index >= 15 is 0 Å². The molecule has 0 aromatic heterocycles. The van der Waals surface area contributed by atoms with E-state index in [4.69, 9.17) is 9.47 Å². The number of rotatable bonds is 7. The van der Waals surface area contributed by atoms with Gasteiger partial charge in [-0.15, -0.1) is 0 Å². The summed E-state index contributed by atoms with van der Waals surface area (Å²) in [5.41, 5.74) is 1.08. The van der Waals surface area contributed by atoms with E-state index in [-0.39, 0.29) is 24.5 Å². The fourth-order valence-electron chi connectivity index (χ4n) is 2.50. The van der Waals surface area contributed by atoms with Gasteiger partial charge < -0.3 is 25.0 Å². The number of methoxy groups -OCH3 is 2. The molecule has 126 valence electrons. The summed E-state index contributed by atoms with van der Waals surface area (Å²) in [6.07, 6.45) is -0.168. The molecule has 7 heteroatoms. The summed E-state index contributed by atoms with van der Waals surface area (Å²) in [5, 5.41) is 5.47. The molecule has 23 heavy (non-hydrogen) atoms. The first-order valence-corrected chi connectivity index (χ1v) is 7.54. The van der Waals surface area contributed by atoms with Crippen molar-refractivity contribution in [2.24, 2.45) is 0 Å². The molecule has 0 spiro atoms. The highest BCUT2D eigenvalue weighted by Gasteiger charge is 2.30. The quantitative estimate of drug-likeness (QED) is 0.725. The lowest BCUT2D eigenvalue weighted by atomic mass is 10.2. The maximum atomic E-state index is 12.0. The fourth-order valence-corrected chi connectivity index (χ4v) is 2.50. The highest BCUT2D eigenvalue weighted by molar-refractivity contribution is 5.81. The van der Waals surface area contributed by atoms with E-state index in [0.29, 0.717) is 19.5 Å². The van der Waals surface area contributed by atoms with Gasteiger partial charge in [-0.25, -0.2) is 4.79 Å². The van der Waals surface area contributed by atoms with Crippen molar-refractivity contribution in [3.63, 3.8) is 0 Å². The standard InChI is InChI=1S/C16H23N3O4/c1-22-15(23-2)9-17-16(21)18-13-8-14(20)19(11-13)10-12-6-4-3-5-7-12/h3-7,13,15H,8-11H2,1-2H3,(H2,17,18,21). The van der Waals surface area contributed by atoms with Crippen molar-refractivity contribution < 1.29 is 19.1 Å². The van der Waals surface area contributed by atoms with Crippen molar-refractivity contribution >= 4 is 11.9 Å². The minimum absolute atomic E-state index is 0.0470. The van der Waals surface area contributed by atoms with Crippen LogP contribution in [0.1, 0.15) is 12.0 Å². The minimum Gasteiger partial charge on any atom is -0.354 e. The number of likely N-dealkylation sites (tertiary alicyclic amines) is 1. The molecule has 0 saturated carbocycles. The van der Waals surface area contributed by atoms with E-state index in [1.54, 1.807) is 4.90 Å². The van der Waals surface area contributed by atoms with E-state index in [0.717, 1.165) is 5.56 Å². The molecular weight excluding hydrogens is 298 g/mol. The Morgan fingerprint density at radius 2 is 2.00 bits per heavy atom. The maximum Gasteiger partial charge on any atom is 0.315 e. The van der Waals surface area contributed by atoms with E-state index in [1.165, 1.54) is 14.2 Å². The monoisotopic (exact) mass is 321 g/mol. The Hall–Kier alpha value is -2.12. The van der Waals surface area contributed by atoms with Crippen molar-refractivity contribution in [2.75, 3.05) is 27.3 Å². The predicted octanol–water partition coefficient (Wildman–Crippen LogP) is 0.706. The Bertz CT molecular complexity index is 519. The Morgan fingerprint density at radius 3 is 2.65 bits per heavy atom. The summed E-state index contributed by atoms with van der Waals surface area (Å²) in [4.78, 5) is 25.6. The molecule has 2 rings (SSSR count). The van der Waals surface area contributed by atoms with Crippen LogP contribution in [0.5, 0.6) is 0 Å². The first-order chi connectivity index (χ1) is 11.1. The van der Waals surface area contributed by atoms with E-state index < -0.39 is 6.29 Å². The van der Waals surface area contributed by atoms with Gasteiger partial charge in [-0.1, -0.05) is 30.3 Å². The average molecular weight is 321 g/mol. The van der Waals surface area contributed by atoms with Gasteiger partial charge in [-0.3, -0.25) is 4.79 Å². The number of amides is 3. The molecule has 1 aliphatic rings. The van der Waals surface area contributed by atoms with Crippen molar-refractivity contribution in [2.45, 2.75) is 25.3 Å². The third kappa shape index (κ3) is 5.22. The van der Waals surface area contributed by atoms with Crippen LogP contribution in [-0.2, 0) is 20.8 Å². The van der Waals surface area contributed by atoms with Crippen molar-refractivity contribution in [1.82, 2.24) is 15.5 Å². The largest absolute Gasteiger partial charge is 0.354 e. The van der Waals surface area contributed by atoms with Gasteiger partial charge in [0.05, 0.1) is 12.6 Å². The molecule has 7 nitrogen and oxygen atoms in total. The van der Waals surface area contributed by atoms with Crippen molar-refractivity contribution in [3.8, 4) is 0 Å². The number of hydrogen-bond donors (Lipinski definition) is 2.